The van der Waals surface area contributed by atoms with Crippen LogP contribution in [0.5, 0.6) is 0 Å². The molecule has 0 fully saturated rings. The van der Waals surface area contributed by atoms with Crippen LogP contribution >= 0.6 is 0 Å². The number of aliphatic hydroxyl groups is 1. The van der Waals surface area contributed by atoms with Gasteiger partial charge in [-0.15, -0.1) is 0 Å². The molecule has 0 aliphatic carbocycles. The Labute approximate surface area is 79.2 Å². The molecule has 1 atom stereocenters. The van der Waals surface area contributed by atoms with Gasteiger partial charge in [-0.2, -0.15) is 0 Å². The van der Waals surface area contributed by atoms with E-state index < -0.39 is 5.79 Å². The molecule has 0 spiro atoms. The Kier molecular flexibility index (Phi) is 3.46. The van der Waals surface area contributed by atoms with Gasteiger partial charge in [0.05, 0.1) is 6.61 Å². The minimum absolute atomic E-state index is 0.571. The third-order valence-corrected chi connectivity index (χ3v) is 1.90. The number of hydrogen-bond acceptors (Lipinski definition) is 2. The topological polar surface area (TPSA) is 29.5 Å². The van der Waals surface area contributed by atoms with Crippen LogP contribution in [-0.4, -0.2) is 11.7 Å². The zero-order chi connectivity index (χ0) is 9.73. The molecule has 0 aliphatic heterocycles. The lowest BCUT2D eigenvalue weighted by Crippen LogP contribution is -2.25. The van der Waals surface area contributed by atoms with Crippen LogP contribution in [0.15, 0.2) is 30.3 Å². The average molecular weight is 180 g/mol. The molecule has 0 aliphatic rings. The molecule has 1 aromatic carbocycles. The van der Waals surface area contributed by atoms with Gasteiger partial charge in [-0.1, -0.05) is 37.3 Å². The van der Waals surface area contributed by atoms with Gasteiger partial charge < -0.3 is 9.84 Å². The molecule has 0 heterocycles. The fourth-order valence-corrected chi connectivity index (χ4v) is 1.13. The Hall–Kier alpha value is -0.860. The van der Waals surface area contributed by atoms with Gasteiger partial charge in [0.2, 0.25) is 0 Å². The maximum atomic E-state index is 9.89. The molecule has 1 unspecified atom stereocenters. The van der Waals surface area contributed by atoms with Crippen molar-refractivity contribution in [3.8, 4) is 0 Å². The van der Waals surface area contributed by atoms with E-state index in [-0.39, 0.29) is 0 Å². The van der Waals surface area contributed by atoms with Crippen LogP contribution in [0.3, 0.4) is 0 Å². The van der Waals surface area contributed by atoms with E-state index in [1.807, 2.05) is 37.3 Å². The first-order chi connectivity index (χ1) is 6.17. The van der Waals surface area contributed by atoms with Gasteiger partial charge in [0.1, 0.15) is 0 Å². The fraction of sp³-hybridized carbons (Fsp3) is 0.455. The largest absolute Gasteiger partial charge is 0.362 e. The standard InChI is InChI=1S/C11H16O2/c1-3-9-13-11(2,12)10-7-5-4-6-8-10/h4-8,12H,3,9H2,1-2H3. The SMILES string of the molecule is CCCOC(C)(O)c1ccccc1. The molecule has 0 aromatic heterocycles. The summed E-state index contributed by atoms with van der Waals surface area (Å²) in [6.45, 7) is 4.25. The van der Waals surface area contributed by atoms with Crippen molar-refractivity contribution in [3.63, 3.8) is 0 Å². The van der Waals surface area contributed by atoms with E-state index in [0.717, 1.165) is 12.0 Å². The van der Waals surface area contributed by atoms with E-state index in [1.165, 1.54) is 0 Å². The molecule has 2 heteroatoms. The zero-order valence-corrected chi connectivity index (χ0v) is 8.16. The summed E-state index contributed by atoms with van der Waals surface area (Å²) in [7, 11) is 0. The van der Waals surface area contributed by atoms with Gasteiger partial charge in [0.25, 0.3) is 0 Å². The van der Waals surface area contributed by atoms with Crippen molar-refractivity contribution in [3.05, 3.63) is 35.9 Å². The van der Waals surface area contributed by atoms with Gasteiger partial charge in [-0.05, 0) is 13.3 Å². The molecular formula is C11H16O2. The van der Waals surface area contributed by atoms with Crippen LogP contribution in [-0.2, 0) is 10.5 Å². The summed E-state index contributed by atoms with van der Waals surface area (Å²) in [6, 6.07) is 9.41. The lowest BCUT2D eigenvalue weighted by Gasteiger charge is -2.23. The van der Waals surface area contributed by atoms with Crippen molar-refractivity contribution in [1.29, 1.82) is 0 Å². The third kappa shape index (κ3) is 2.83. The predicted molar refractivity (Wildman–Crippen MR) is 52.3 cm³/mol. The van der Waals surface area contributed by atoms with E-state index in [2.05, 4.69) is 0 Å². The molecule has 2 nitrogen and oxygen atoms in total. The number of benzene rings is 1. The second-order valence-electron chi connectivity index (χ2n) is 3.20. The maximum absolute atomic E-state index is 9.89. The summed E-state index contributed by atoms with van der Waals surface area (Å²) in [4.78, 5) is 0. The van der Waals surface area contributed by atoms with Gasteiger partial charge in [-0.3, -0.25) is 0 Å². The highest BCUT2D eigenvalue weighted by Gasteiger charge is 2.22. The maximum Gasteiger partial charge on any atom is 0.189 e. The Morgan fingerprint density at radius 1 is 1.31 bits per heavy atom. The lowest BCUT2D eigenvalue weighted by molar-refractivity contribution is -0.198. The van der Waals surface area contributed by atoms with Crippen molar-refractivity contribution >= 4 is 0 Å². The molecule has 72 valence electrons. The molecule has 0 amide bonds. The number of hydrogen-bond donors (Lipinski definition) is 1. The quantitative estimate of drug-likeness (QED) is 0.720. The van der Waals surface area contributed by atoms with Gasteiger partial charge in [-0.25, -0.2) is 0 Å². The first kappa shape index (κ1) is 10.2. The molecular weight excluding hydrogens is 164 g/mol. The Morgan fingerprint density at radius 3 is 2.46 bits per heavy atom. The molecule has 13 heavy (non-hydrogen) atoms. The Morgan fingerprint density at radius 2 is 1.92 bits per heavy atom. The summed E-state index contributed by atoms with van der Waals surface area (Å²) in [5, 5.41) is 9.89. The first-order valence-corrected chi connectivity index (χ1v) is 4.58. The number of ether oxygens (including phenoxy) is 1. The number of rotatable bonds is 4. The molecule has 0 bridgehead atoms. The summed E-state index contributed by atoms with van der Waals surface area (Å²) < 4.78 is 5.32. The highest BCUT2D eigenvalue weighted by Crippen LogP contribution is 2.21. The molecule has 1 aromatic rings. The lowest BCUT2D eigenvalue weighted by atomic mass is 10.1. The monoisotopic (exact) mass is 180 g/mol. The summed E-state index contributed by atoms with van der Waals surface area (Å²) in [5.74, 6) is -1.16. The molecule has 0 saturated heterocycles. The second kappa shape index (κ2) is 4.40. The summed E-state index contributed by atoms with van der Waals surface area (Å²) in [6.07, 6.45) is 0.906. The normalized spacial score (nSPS) is 15.3. The van der Waals surface area contributed by atoms with Crippen LogP contribution in [0.25, 0.3) is 0 Å². The van der Waals surface area contributed by atoms with Gasteiger partial charge in [0, 0.05) is 5.56 Å². The van der Waals surface area contributed by atoms with E-state index in [1.54, 1.807) is 6.92 Å². The van der Waals surface area contributed by atoms with Gasteiger partial charge in [0.15, 0.2) is 5.79 Å². The molecule has 1 N–H and O–H groups in total. The van der Waals surface area contributed by atoms with Crippen molar-refractivity contribution in [1.82, 2.24) is 0 Å². The van der Waals surface area contributed by atoms with Crippen LogP contribution in [0.1, 0.15) is 25.8 Å². The van der Waals surface area contributed by atoms with Crippen LogP contribution in [0, 0.1) is 0 Å². The van der Waals surface area contributed by atoms with Crippen LogP contribution in [0.4, 0.5) is 0 Å². The average Bonchev–Trinajstić information content (AvgIpc) is 2.16. The van der Waals surface area contributed by atoms with Crippen molar-refractivity contribution < 1.29 is 9.84 Å². The Balaban J connectivity index is 2.69. The van der Waals surface area contributed by atoms with Gasteiger partial charge >= 0.3 is 0 Å². The van der Waals surface area contributed by atoms with E-state index >= 15 is 0 Å². The molecule has 0 radical (unpaired) electrons. The predicted octanol–water partition coefficient (Wildman–Crippen LogP) is 2.28. The van der Waals surface area contributed by atoms with Crippen molar-refractivity contribution in [2.75, 3.05) is 6.61 Å². The third-order valence-electron chi connectivity index (χ3n) is 1.90. The smallest absolute Gasteiger partial charge is 0.189 e. The first-order valence-electron chi connectivity index (χ1n) is 4.58. The minimum atomic E-state index is -1.16. The second-order valence-corrected chi connectivity index (χ2v) is 3.20. The zero-order valence-electron chi connectivity index (χ0n) is 8.16. The summed E-state index contributed by atoms with van der Waals surface area (Å²) in [5.41, 5.74) is 0.795. The van der Waals surface area contributed by atoms with Crippen LogP contribution in [0.2, 0.25) is 0 Å². The summed E-state index contributed by atoms with van der Waals surface area (Å²) >= 11 is 0. The highest BCUT2D eigenvalue weighted by atomic mass is 16.6. The fourth-order valence-electron chi connectivity index (χ4n) is 1.13. The minimum Gasteiger partial charge on any atom is -0.362 e. The van der Waals surface area contributed by atoms with E-state index in [0.29, 0.717) is 6.61 Å². The molecule has 1 rings (SSSR count). The highest BCUT2D eigenvalue weighted by molar-refractivity contribution is 5.18. The van der Waals surface area contributed by atoms with Crippen molar-refractivity contribution in [2.45, 2.75) is 26.1 Å². The van der Waals surface area contributed by atoms with Crippen molar-refractivity contribution in [2.24, 2.45) is 0 Å². The van der Waals surface area contributed by atoms with E-state index in [9.17, 15) is 5.11 Å². The molecule has 0 saturated carbocycles. The van der Waals surface area contributed by atoms with E-state index in [4.69, 9.17) is 4.74 Å². The Bertz CT molecular complexity index is 242. The van der Waals surface area contributed by atoms with Crippen LogP contribution < -0.4 is 0 Å².